The van der Waals surface area contributed by atoms with Gasteiger partial charge in [0, 0.05) is 6.04 Å². The zero-order chi connectivity index (χ0) is 16.8. The van der Waals surface area contributed by atoms with Crippen molar-refractivity contribution < 1.29 is 8.42 Å². The third kappa shape index (κ3) is 3.03. The molecular weight excluding hydrogens is 318 g/mol. The van der Waals surface area contributed by atoms with Crippen molar-refractivity contribution in [3.63, 3.8) is 0 Å². The van der Waals surface area contributed by atoms with Gasteiger partial charge in [0.15, 0.2) is 0 Å². The van der Waals surface area contributed by atoms with E-state index in [2.05, 4.69) is 11.6 Å². The van der Waals surface area contributed by atoms with Crippen LogP contribution in [0.5, 0.6) is 0 Å². The standard InChI is InChI=1S/C20H29NO2S/c1-15(21-24(22,23)19-5-3-2-4-6-19)20-10-9-16-7-8-17(13-20)12-18(11-16)14-20/h2-6,15-18,21H,7-14H2,1H3/t15-,16-,17+,18-,20-/m1/s1. The van der Waals surface area contributed by atoms with Crippen molar-refractivity contribution in [3.8, 4) is 0 Å². The minimum Gasteiger partial charge on any atom is -0.208 e. The molecule has 0 aromatic heterocycles. The Morgan fingerprint density at radius 1 is 1.00 bits per heavy atom. The van der Waals surface area contributed by atoms with Crippen molar-refractivity contribution in [1.29, 1.82) is 0 Å². The van der Waals surface area contributed by atoms with Crippen LogP contribution in [0.15, 0.2) is 35.2 Å². The lowest BCUT2D eigenvalue weighted by molar-refractivity contribution is 0.0605. The van der Waals surface area contributed by atoms with Gasteiger partial charge in [0.05, 0.1) is 4.90 Å². The molecule has 1 N–H and O–H groups in total. The van der Waals surface area contributed by atoms with E-state index < -0.39 is 10.0 Å². The van der Waals surface area contributed by atoms with Crippen molar-refractivity contribution in [1.82, 2.24) is 4.72 Å². The third-order valence-electron chi connectivity index (χ3n) is 7.06. The highest BCUT2D eigenvalue weighted by molar-refractivity contribution is 7.89. The van der Waals surface area contributed by atoms with Crippen LogP contribution in [0.25, 0.3) is 0 Å². The van der Waals surface area contributed by atoms with Crippen LogP contribution in [-0.2, 0) is 10.0 Å². The van der Waals surface area contributed by atoms with E-state index in [9.17, 15) is 8.42 Å². The van der Waals surface area contributed by atoms with Crippen LogP contribution >= 0.6 is 0 Å². The predicted octanol–water partition coefficient (Wildman–Crippen LogP) is 4.35. The molecule has 0 radical (unpaired) electrons. The second-order valence-electron chi connectivity index (χ2n) is 8.61. The molecular formula is C20H29NO2S. The Bertz CT molecular complexity index is 683. The summed E-state index contributed by atoms with van der Waals surface area (Å²) >= 11 is 0. The summed E-state index contributed by atoms with van der Waals surface area (Å²) in [5.41, 5.74) is 0.171. The molecule has 3 aliphatic rings. The predicted molar refractivity (Wildman–Crippen MR) is 96.1 cm³/mol. The zero-order valence-electron chi connectivity index (χ0n) is 14.6. The lowest BCUT2D eigenvalue weighted by atomic mass is 9.61. The molecule has 4 heteroatoms. The van der Waals surface area contributed by atoms with E-state index in [1.165, 1.54) is 51.4 Å². The summed E-state index contributed by atoms with van der Waals surface area (Å²) < 4.78 is 28.6. The van der Waals surface area contributed by atoms with Crippen molar-refractivity contribution in [2.45, 2.75) is 69.2 Å². The number of benzene rings is 1. The van der Waals surface area contributed by atoms with Crippen LogP contribution in [-0.4, -0.2) is 14.5 Å². The van der Waals surface area contributed by atoms with Gasteiger partial charge in [0.2, 0.25) is 10.0 Å². The van der Waals surface area contributed by atoms with Crippen molar-refractivity contribution in [3.05, 3.63) is 30.3 Å². The van der Waals surface area contributed by atoms with Crippen LogP contribution in [0.3, 0.4) is 0 Å². The molecule has 4 rings (SSSR count). The zero-order valence-corrected chi connectivity index (χ0v) is 15.4. The summed E-state index contributed by atoms with van der Waals surface area (Å²) in [6, 6.07) is 8.83. The second-order valence-corrected chi connectivity index (χ2v) is 10.3. The fourth-order valence-corrected chi connectivity index (χ4v) is 7.25. The summed E-state index contributed by atoms with van der Waals surface area (Å²) in [6.07, 6.45) is 10.5. The van der Waals surface area contributed by atoms with Crippen LogP contribution in [0.4, 0.5) is 0 Å². The topological polar surface area (TPSA) is 46.2 Å². The maximum Gasteiger partial charge on any atom is 0.240 e. The Balaban J connectivity index is 1.58. The largest absolute Gasteiger partial charge is 0.240 e. The third-order valence-corrected chi connectivity index (χ3v) is 8.62. The maximum absolute atomic E-state index is 12.8. The summed E-state index contributed by atoms with van der Waals surface area (Å²) in [5, 5.41) is 0. The highest BCUT2D eigenvalue weighted by Crippen LogP contribution is 2.56. The molecule has 3 saturated carbocycles. The van der Waals surface area contributed by atoms with Gasteiger partial charge >= 0.3 is 0 Å². The first-order valence-electron chi connectivity index (χ1n) is 9.54. The molecule has 0 amide bonds. The Morgan fingerprint density at radius 3 is 2.46 bits per heavy atom. The number of sulfonamides is 1. The summed E-state index contributed by atoms with van der Waals surface area (Å²) in [5.74, 6) is 2.53. The fourth-order valence-electron chi connectivity index (χ4n) is 5.88. The van der Waals surface area contributed by atoms with E-state index in [1.54, 1.807) is 24.3 Å². The summed E-state index contributed by atoms with van der Waals surface area (Å²) in [7, 11) is -3.43. The number of rotatable bonds is 4. The minimum atomic E-state index is -3.43. The van der Waals surface area contributed by atoms with Gasteiger partial charge in [-0.25, -0.2) is 13.1 Å². The monoisotopic (exact) mass is 347 g/mol. The van der Waals surface area contributed by atoms with Crippen LogP contribution in [0.1, 0.15) is 58.3 Å². The Labute approximate surface area is 146 Å². The molecule has 0 heterocycles. The molecule has 0 unspecified atom stereocenters. The lowest BCUT2D eigenvalue weighted by Gasteiger charge is -2.47. The highest BCUT2D eigenvalue weighted by atomic mass is 32.2. The molecule has 3 aliphatic carbocycles. The average molecular weight is 348 g/mol. The number of hydrogen-bond donors (Lipinski definition) is 1. The molecule has 0 aliphatic heterocycles. The van der Waals surface area contributed by atoms with E-state index in [0.29, 0.717) is 4.90 Å². The molecule has 4 bridgehead atoms. The smallest absolute Gasteiger partial charge is 0.208 e. The average Bonchev–Trinajstić information content (AvgIpc) is 2.79. The SMILES string of the molecule is C[C@@H](NS(=O)(=O)c1ccccc1)[C@@]12CC[C@H]3CC[C@@H](C[C@@H](C3)C1)C2. The van der Waals surface area contributed by atoms with Gasteiger partial charge in [0.1, 0.15) is 0 Å². The Hall–Kier alpha value is -0.870. The lowest BCUT2D eigenvalue weighted by Crippen LogP contribution is -2.49. The fraction of sp³-hybridized carbons (Fsp3) is 0.700. The van der Waals surface area contributed by atoms with E-state index in [4.69, 9.17) is 0 Å². The molecule has 0 saturated heterocycles. The van der Waals surface area contributed by atoms with E-state index in [-0.39, 0.29) is 11.5 Å². The first kappa shape index (κ1) is 16.6. The van der Waals surface area contributed by atoms with E-state index >= 15 is 0 Å². The van der Waals surface area contributed by atoms with Gasteiger partial charge in [-0.2, -0.15) is 0 Å². The van der Waals surface area contributed by atoms with Gasteiger partial charge < -0.3 is 0 Å². The van der Waals surface area contributed by atoms with Crippen molar-refractivity contribution in [2.24, 2.45) is 23.2 Å². The van der Waals surface area contributed by atoms with Gasteiger partial charge in [-0.05, 0) is 80.8 Å². The first-order chi connectivity index (χ1) is 11.5. The number of hydrogen-bond acceptors (Lipinski definition) is 2. The quantitative estimate of drug-likeness (QED) is 0.880. The maximum atomic E-state index is 12.8. The summed E-state index contributed by atoms with van der Waals surface area (Å²) in [6.45, 7) is 2.11. The molecule has 3 fully saturated rings. The molecule has 1 aromatic carbocycles. The van der Waals surface area contributed by atoms with Crippen molar-refractivity contribution in [2.75, 3.05) is 0 Å². The van der Waals surface area contributed by atoms with Crippen LogP contribution < -0.4 is 4.72 Å². The van der Waals surface area contributed by atoms with Gasteiger partial charge in [-0.3, -0.25) is 0 Å². The van der Waals surface area contributed by atoms with Crippen molar-refractivity contribution >= 4 is 10.0 Å². The molecule has 3 nitrogen and oxygen atoms in total. The van der Waals surface area contributed by atoms with Gasteiger partial charge in [0.25, 0.3) is 0 Å². The minimum absolute atomic E-state index is 0.0184. The van der Waals surface area contributed by atoms with E-state index in [1.807, 2.05) is 6.07 Å². The highest BCUT2D eigenvalue weighted by Gasteiger charge is 2.48. The Morgan fingerprint density at radius 2 is 1.67 bits per heavy atom. The summed E-state index contributed by atoms with van der Waals surface area (Å²) in [4.78, 5) is 0.385. The molecule has 132 valence electrons. The molecule has 5 atom stereocenters. The number of fused-ring (bicyclic) bond motifs is 3. The normalized spacial score (nSPS) is 37.0. The van der Waals surface area contributed by atoms with Gasteiger partial charge in [-0.1, -0.05) is 31.0 Å². The first-order valence-corrected chi connectivity index (χ1v) is 11.0. The number of nitrogens with one attached hydrogen (secondary N) is 1. The second kappa shape index (κ2) is 6.14. The molecule has 1 aromatic rings. The van der Waals surface area contributed by atoms with E-state index in [0.717, 1.165) is 17.8 Å². The van der Waals surface area contributed by atoms with Crippen LogP contribution in [0, 0.1) is 23.2 Å². The van der Waals surface area contributed by atoms with Crippen LogP contribution in [0.2, 0.25) is 0 Å². The van der Waals surface area contributed by atoms with Gasteiger partial charge in [-0.15, -0.1) is 0 Å². The Kier molecular flexibility index (Phi) is 4.24. The molecule has 0 spiro atoms. The molecule has 24 heavy (non-hydrogen) atoms.